The minimum atomic E-state index is -3.68. The van der Waals surface area contributed by atoms with Crippen LogP contribution in [0.15, 0.2) is 66.7 Å². The SMILES string of the molecule is CC(C)(C)OC(=O)c1sc(-c2cccc(NC3CCN(S(=O)(=O)Cc4cccc(NC(=O)CCOCCOCCOCCCc5ccc6c(c5)CN(C5CCC(=O)NC5=O)C6=O)c4)CC3)c2)c(Cl)c1OCC(=O)O. The number of aryl methyl sites for hydroxylation is 1. The normalized spacial score (nSPS) is 16.5. The summed E-state index contributed by atoms with van der Waals surface area (Å²) in [6.07, 6.45) is 3.25. The summed E-state index contributed by atoms with van der Waals surface area (Å²) >= 11 is 7.74. The first kappa shape index (κ1) is 55.8. The fourth-order valence-electron chi connectivity index (χ4n) is 8.70. The minimum Gasteiger partial charge on any atom is -0.479 e. The number of esters is 1. The zero-order chi connectivity index (χ0) is 53.0. The Labute approximate surface area is 439 Å². The summed E-state index contributed by atoms with van der Waals surface area (Å²) in [4.78, 5) is 75.9. The highest BCUT2D eigenvalue weighted by atomic mass is 35.5. The predicted octanol–water partition coefficient (Wildman–Crippen LogP) is 6.67. The zero-order valence-corrected chi connectivity index (χ0v) is 44.0. The zero-order valence-electron chi connectivity index (χ0n) is 41.6. The van der Waals surface area contributed by atoms with Gasteiger partial charge in [0.05, 0.1) is 50.1 Å². The number of benzene rings is 3. The van der Waals surface area contributed by atoms with Crippen molar-refractivity contribution in [2.75, 3.05) is 70.0 Å². The number of fused-ring (bicyclic) bond motifs is 1. The van der Waals surface area contributed by atoms with E-state index in [9.17, 15) is 42.3 Å². The van der Waals surface area contributed by atoms with Gasteiger partial charge in [-0.05, 0) is 105 Å². The van der Waals surface area contributed by atoms with Gasteiger partial charge in [-0.25, -0.2) is 22.3 Å². The molecule has 3 aromatic carbocycles. The number of sulfonamides is 1. The maximum absolute atomic E-state index is 13.6. The Morgan fingerprint density at radius 2 is 1.57 bits per heavy atom. The first-order valence-corrected chi connectivity index (χ1v) is 27.3. The summed E-state index contributed by atoms with van der Waals surface area (Å²) in [6.45, 7) is 7.52. The van der Waals surface area contributed by atoms with Gasteiger partial charge in [0.2, 0.25) is 27.7 Å². The second kappa shape index (κ2) is 25.5. The van der Waals surface area contributed by atoms with Crippen molar-refractivity contribution in [3.63, 3.8) is 0 Å². The van der Waals surface area contributed by atoms with Gasteiger partial charge < -0.3 is 44.3 Å². The molecule has 398 valence electrons. The second-order valence-electron chi connectivity index (χ2n) is 19.1. The molecule has 1 unspecified atom stereocenters. The molecule has 0 saturated carbocycles. The molecule has 0 spiro atoms. The standard InChI is InChI=1S/C52H62ClN5O14S2/c1-52(2,3)72-51(65)48-46(71-31-44(61)62)45(53)47(73-48)35-9-5-11-39(29-35)54-37-16-19-57(20-17-37)74(66,67)32-34-7-4-10-38(28-34)55-43(60)18-22-69-24-26-70-25-23-68-21-6-8-33-12-13-40-36(27-33)30-58(50(40)64)41-14-15-42(59)56-49(41)63/h4-5,7,9-13,27-29,37,41,54H,6,8,14-26,30-32H2,1-3H3,(H,55,60)(H,61,62)(H,56,59,63). The van der Waals surface area contributed by atoms with Crippen molar-refractivity contribution in [1.29, 1.82) is 0 Å². The van der Waals surface area contributed by atoms with Crippen LogP contribution in [0.4, 0.5) is 11.4 Å². The lowest BCUT2D eigenvalue weighted by molar-refractivity contribution is -0.139. The molecule has 1 aromatic heterocycles. The van der Waals surface area contributed by atoms with Gasteiger partial charge in [0.25, 0.3) is 5.91 Å². The van der Waals surface area contributed by atoms with Gasteiger partial charge in [-0.2, -0.15) is 0 Å². The highest BCUT2D eigenvalue weighted by Crippen LogP contribution is 2.46. The topological polar surface area (TPSA) is 246 Å². The van der Waals surface area contributed by atoms with E-state index in [0.717, 1.165) is 41.0 Å². The fraction of sp³-hybridized carbons (Fsp3) is 0.462. The summed E-state index contributed by atoms with van der Waals surface area (Å²) in [5.74, 6) is -3.41. The number of halogens is 1. The lowest BCUT2D eigenvalue weighted by atomic mass is 10.0. The van der Waals surface area contributed by atoms with Crippen molar-refractivity contribution in [3.8, 4) is 16.2 Å². The van der Waals surface area contributed by atoms with Gasteiger partial charge in [-0.1, -0.05) is 48.0 Å². The van der Waals surface area contributed by atoms with E-state index in [2.05, 4.69) is 16.0 Å². The summed E-state index contributed by atoms with van der Waals surface area (Å²) in [6, 6.07) is 19.2. The Morgan fingerprint density at radius 3 is 2.28 bits per heavy atom. The fourth-order valence-corrected chi connectivity index (χ4v) is 11.7. The van der Waals surface area contributed by atoms with Crippen molar-refractivity contribution in [2.24, 2.45) is 0 Å². The van der Waals surface area contributed by atoms with Crippen molar-refractivity contribution in [3.05, 3.63) is 98.9 Å². The van der Waals surface area contributed by atoms with E-state index < -0.39 is 46.1 Å². The second-order valence-corrected chi connectivity index (χ2v) is 22.4. The first-order chi connectivity index (χ1) is 35.3. The highest BCUT2D eigenvalue weighted by Gasteiger charge is 2.39. The Hall–Kier alpha value is -5.94. The van der Waals surface area contributed by atoms with Crippen LogP contribution in [0.1, 0.15) is 96.0 Å². The van der Waals surface area contributed by atoms with E-state index in [4.69, 9.17) is 35.3 Å². The lowest BCUT2D eigenvalue weighted by Gasteiger charge is -2.32. The Bertz CT molecular complexity index is 2810. The molecule has 1 atom stereocenters. The number of amides is 4. The first-order valence-electron chi connectivity index (χ1n) is 24.5. The van der Waals surface area contributed by atoms with Gasteiger partial charge in [0, 0.05) is 55.6 Å². The molecule has 74 heavy (non-hydrogen) atoms. The van der Waals surface area contributed by atoms with E-state index in [1.165, 1.54) is 4.31 Å². The van der Waals surface area contributed by atoms with Crippen LogP contribution in [0.5, 0.6) is 5.75 Å². The van der Waals surface area contributed by atoms with Gasteiger partial charge >= 0.3 is 11.9 Å². The number of hydrogen-bond donors (Lipinski definition) is 4. The number of carbonyl (C=O) groups is 6. The summed E-state index contributed by atoms with van der Waals surface area (Å²) in [7, 11) is -3.68. The predicted molar refractivity (Wildman–Crippen MR) is 277 cm³/mol. The molecule has 0 bridgehead atoms. The molecule has 19 nitrogen and oxygen atoms in total. The maximum Gasteiger partial charge on any atom is 0.352 e. The van der Waals surface area contributed by atoms with Gasteiger partial charge in [0.15, 0.2) is 17.2 Å². The Balaban J connectivity index is 0.755. The molecule has 22 heteroatoms. The quantitative estimate of drug-likeness (QED) is 0.0308. The minimum absolute atomic E-state index is 0.0369. The number of rotatable bonds is 25. The lowest BCUT2D eigenvalue weighted by Crippen LogP contribution is -2.52. The molecule has 4 aromatic rings. The monoisotopic (exact) mass is 1080 g/mol. The number of carboxylic acids is 1. The van der Waals surface area contributed by atoms with Crippen LogP contribution in [0.3, 0.4) is 0 Å². The number of nitrogens with zero attached hydrogens (tertiary/aromatic N) is 2. The number of hydrogen-bond acceptors (Lipinski definition) is 15. The number of thiophene rings is 1. The highest BCUT2D eigenvalue weighted by molar-refractivity contribution is 7.88. The van der Waals surface area contributed by atoms with Crippen LogP contribution in [0.25, 0.3) is 10.4 Å². The van der Waals surface area contributed by atoms with Crippen LogP contribution in [-0.4, -0.2) is 135 Å². The van der Waals surface area contributed by atoms with E-state index in [-0.39, 0.29) is 64.6 Å². The number of carbonyl (C=O) groups excluding carboxylic acids is 5. The third kappa shape index (κ3) is 15.6. The van der Waals surface area contributed by atoms with Gasteiger partial charge in [-0.15, -0.1) is 11.3 Å². The van der Waals surface area contributed by atoms with E-state index in [1.54, 1.807) is 56.0 Å². The van der Waals surface area contributed by atoms with Gasteiger partial charge in [-0.3, -0.25) is 24.5 Å². The van der Waals surface area contributed by atoms with Crippen LogP contribution >= 0.6 is 22.9 Å². The van der Waals surface area contributed by atoms with Crippen molar-refractivity contribution in [2.45, 2.75) is 95.7 Å². The van der Waals surface area contributed by atoms with Crippen LogP contribution < -0.4 is 20.7 Å². The summed E-state index contributed by atoms with van der Waals surface area (Å²) in [5, 5.41) is 17.9. The number of nitrogens with one attached hydrogen (secondary N) is 3. The molecular formula is C52H62ClN5O14S2. The number of imide groups is 1. The van der Waals surface area contributed by atoms with Crippen molar-refractivity contribution >= 4 is 79.9 Å². The smallest absolute Gasteiger partial charge is 0.352 e. The van der Waals surface area contributed by atoms with Crippen molar-refractivity contribution in [1.82, 2.24) is 14.5 Å². The number of piperidine rings is 2. The molecule has 4 heterocycles. The molecule has 0 aliphatic carbocycles. The molecule has 3 aliphatic rings. The van der Waals surface area contributed by atoms with Crippen molar-refractivity contribution < 1.29 is 66.0 Å². The largest absolute Gasteiger partial charge is 0.479 e. The maximum atomic E-state index is 13.6. The third-order valence-corrected chi connectivity index (χ3v) is 15.7. The van der Waals surface area contributed by atoms with E-state index in [1.807, 2.05) is 36.4 Å². The summed E-state index contributed by atoms with van der Waals surface area (Å²) in [5.41, 5.74) is 4.16. The van der Waals surface area contributed by atoms with Gasteiger partial charge in [0.1, 0.15) is 16.7 Å². The molecular weight excluding hydrogens is 1020 g/mol. The number of aliphatic carboxylic acids is 1. The Morgan fingerprint density at radius 1 is 0.865 bits per heavy atom. The molecule has 3 aliphatic heterocycles. The molecule has 4 amide bonds. The third-order valence-electron chi connectivity index (χ3n) is 12.2. The molecule has 0 radical (unpaired) electrons. The molecule has 7 rings (SSSR count). The number of anilines is 2. The average molecular weight is 1080 g/mol. The average Bonchev–Trinajstić information content (AvgIpc) is 3.85. The molecule has 4 N–H and O–H groups in total. The molecule has 2 saturated heterocycles. The van der Waals surface area contributed by atoms with Crippen LogP contribution in [0, 0.1) is 0 Å². The number of ether oxygens (including phenoxy) is 5. The number of carboxylic acid groups (broad SMARTS) is 1. The summed E-state index contributed by atoms with van der Waals surface area (Å²) < 4.78 is 56.5. The van der Waals surface area contributed by atoms with E-state index in [0.29, 0.717) is 99.2 Å². The van der Waals surface area contributed by atoms with Crippen LogP contribution in [-0.2, 0) is 66.9 Å². The van der Waals surface area contributed by atoms with Crippen LogP contribution in [0.2, 0.25) is 5.02 Å². The molecule has 2 fully saturated rings. The Kier molecular flexibility index (Phi) is 19.3. The van der Waals surface area contributed by atoms with E-state index >= 15 is 0 Å².